The average molecular weight is 309 g/mol. The van der Waals surface area contributed by atoms with Gasteiger partial charge in [0.05, 0.1) is 5.75 Å². The lowest BCUT2D eigenvalue weighted by atomic mass is 10.2. The first-order valence-corrected chi connectivity index (χ1v) is 8.17. The van der Waals surface area contributed by atoms with E-state index in [9.17, 15) is 13.2 Å². The second-order valence-electron chi connectivity index (χ2n) is 4.26. The fraction of sp³-hybridized carbons (Fsp3) is 0.357. The molecular weight excluding hydrogens is 290 g/mol. The third kappa shape index (κ3) is 5.45. The molecule has 1 aromatic rings. The van der Waals surface area contributed by atoms with Crippen molar-refractivity contribution >= 4 is 15.9 Å². The Kier molecular flexibility index (Phi) is 6.72. The first kappa shape index (κ1) is 17.0. The number of nitrogens with zero attached hydrogens (tertiary/aromatic N) is 1. The van der Waals surface area contributed by atoms with Crippen molar-refractivity contribution in [2.75, 3.05) is 18.8 Å². The second kappa shape index (κ2) is 8.29. The van der Waals surface area contributed by atoms with E-state index < -0.39 is 10.0 Å². The smallest absolute Gasteiger partial charge is 0.265 e. The molecule has 0 atom stereocenters. The van der Waals surface area contributed by atoms with Crippen LogP contribution in [0.25, 0.3) is 0 Å². The van der Waals surface area contributed by atoms with Gasteiger partial charge in [0, 0.05) is 24.7 Å². The molecule has 6 nitrogen and oxygen atoms in total. The maximum atomic E-state index is 11.9. The lowest BCUT2D eigenvalue weighted by Gasteiger charge is -2.17. The molecule has 1 amide bonds. The van der Waals surface area contributed by atoms with E-state index in [1.54, 1.807) is 30.3 Å². The van der Waals surface area contributed by atoms with E-state index in [1.165, 1.54) is 0 Å². The summed E-state index contributed by atoms with van der Waals surface area (Å²) in [6, 6.07) is 10.8. The molecule has 0 radical (unpaired) electrons. The van der Waals surface area contributed by atoms with Gasteiger partial charge < -0.3 is 0 Å². The van der Waals surface area contributed by atoms with Crippen molar-refractivity contribution in [1.29, 1.82) is 0 Å². The Morgan fingerprint density at radius 2 is 2.00 bits per heavy atom. The quantitative estimate of drug-likeness (QED) is 0.318. The third-order valence-corrected chi connectivity index (χ3v) is 4.31. The molecule has 0 fully saturated rings. The molecular formula is C14H19N3O3S. The van der Waals surface area contributed by atoms with Crippen LogP contribution < -0.4 is 10.9 Å². The molecule has 0 aromatic heterocycles. The molecule has 0 heterocycles. The Morgan fingerprint density at radius 1 is 1.33 bits per heavy atom. The third-order valence-electron chi connectivity index (χ3n) is 2.63. The number of terminal acetylenes is 1. The largest absolute Gasteiger partial charge is 0.287 e. The first-order chi connectivity index (χ1) is 10.0. The fourth-order valence-electron chi connectivity index (χ4n) is 1.58. The predicted octanol–water partition coefficient (Wildman–Crippen LogP) is 0.554. The van der Waals surface area contributed by atoms with Gasteiger partial charge in [-0.15, -0.1) is 0 Å². The lowest BCUT2D eigenvalue weighted by Crippen LogP contribution is -2.42. The van der Waals surface area contributed by atoms with E-state index in [-0.39, 0.29) is 24.7 Å². The van der Waals surface area contributed by atoms with Crippen molar-refractivity contribution in [3.8, 4) is 12.5 Å². The number of rotatable bonds is 8. The second-order valence-corrected chi connectivity index (χ2v) is 6.28. The summed E-state index contributed by atoms with van der Waals surface area (Å²) in [5.41, 5.74) is 5.51. The van der Waals surface area contributed by atoms with E-state index in [1.807, 2.05) is 6.92 Å². The van der Waals surface area contributed by atoms with Gasteiger partial charge in [0.1, 0.15) is 0 Å². The topological polar surface area (TPSA) is 78.5 Å². The number of carbonyl (C=O) groups excluding carboxylic acids is 1. The molecule has 0 saturated heterocycles. The number of carbonyl (C=O) groups is 1. The number of sulfonamides is 1. The Hall–Kier alpha value is -2.04. The van der Waals surface area contributed by atoms with Crippen LogP contribution in [0, 0.1) is 12.5 Å². The highest BCUT2D eigenvalue weighted by molar-refractivity contribution is 7.89. The van der Waals surface area contributed by atoms with Crippen LogP contribution in [0.15, 0.2) is 30.3 Å². The highest BCUT2D eigenvalue weighted by atomic mass is 32.2. The summed E-state index contributed by atoms with van der Waals surface area (Å²) in [5, 5.41) is 0. The van der Waals surface area contributed by atoms with Crippen LogP contribution in [0.4, 0.5) is 0 Å². The zero-order valence-electron chi connectivity index (χ0n) is 11.9. The number of hydrazine groups is 1. The fourth-order valence-corrected chi connectivity index (χ4v) is 2.78. The lowest BCUT2D eigenvalue weighted by molar-refractivity contribution is 0.0934. The van der Waals surface area contributed by atoms with Crippen molar-refractivity contribution in [1.82, 2.24) is 15.2 Å². The van der Waals surface area contributed by atoms with Gasteiger partial charge in [-0.05, 0) is 18.6 Å². The SMILES string of the molecule is C#CN(CCC)S(=O)(=O)CCNNC(=O)c1ccccc1. The van der Waals surface area contributed by atoms with Gasteiger partial charge in [0.2, 0.25) is 10.0 Å². The number of benzene rings is 1. The van der Waals surface area contributed by atoms with Crippen molar-refractivity contribution in [3.63, 3.8) is 0 Å². The standard InChI is InChI=1S/C14H19N3O3S/c1-3-11-17(4-2)21(19,20)12-10-15-16-14(18)13-8-6-5-7-9-13/h2,5-9,15H,3,10-12H2,1H3,(H,16,18). The van der Waals surface area contributed by atoms with Crippen molar-refractivity contribution in [2.24, 2.45) is 0 Å². The molecule has 0 unspecified atom stereocenters. The summed E-state index contributed by atoms with van der Waals surface area (Å²) in [6.45, 7) is 2.20. The average Bonchev–Trinajstić information content (AvgIpc) is 2.49. The molecule has 0 aliphatic carbocycles. The normalized spacial score (nSPS) is 10.7. The van der Waals surface area contributed by atoms with Crippen LogP contribution in [0.1, 0.15) is 23.7 Å². The molecule has 21 heavy (non-hydrogen) atoms. The van der Waals surface area contributed by atoms with Gasteiger partial charge in [0.15, 0.2) is 0 Å². The summed E-state index contributed by atoms with van der Waals surface area (Å²) >= 11 is 0. The van der Waals surface area contributed by atoms with Crippen molar-refractivity contribution < 1.29 is 13.2 Å². The Morgan fingerprint density at radius 3 is 2.57 bits per heavy atom. The molecule has 0 spiro atoms. The van der Waals surface area contributed by atoms with E-state index >= 15 is 0 Å². The maximum Gasteiger partial charge on any atom is 0.265 e. The minimum absolute atomic E-state index is 0.0722. The Bertz CT molecular complexity index is 594. The molecule has 0 bridgehead atoms. The number of amides is 1. The zero-order valence-corrected chi connectivity index (χ0v) is 12.7. The van der Waals surface area contributed by atoms with Gasteiger partial charge in [0.25, 0.3) is 5.91 Å². The monoisotopic (exact) mass is 309 g/mol. The summed E-state index contributed by atoms with van der Waals surface area (Å²) in [7, 11) is -3.51. The molecule has 2 N–H and O–H groups in total. The van der Waals surface area contributed by atoms with E-state index in [0.717, 1.165) is 4.31 Å². The first-order valence-electron chi connectivity index (χ1n) is 6.56. The van der Waals surface area contributed by atoms with Crippen LogP contribution in [-0.2, 0) is 10.0 Å². The minimum atomic E-state index is -3.51. The summed E-state index contributed by atoms with van der Waals surface area (Å²) in [6.07, 6.45) is 5.82. The number of nitrogens with one attached hydrogen (secondary N) is 2. The van der Waals surface area contributed by atoms with Gasteiger partial charge in [-0.2, -0.15) is 0 Å². The molecule has 0 aliphatic heterocycles. The molecule has 1 aromatic carbocycles. The molecule has 7 heteroatoms. The van der Waals surface area contributed by atoms with Crippen molar-refractivity contribution in [2.45, 2.75) is 13.3 Å². The van der Waals surface area contributed by atoms with Crippen LogP contribution in [0.3, 0.4) is 0 Å². The van der Waals surface area contributed by atoms with Gasteiger partial charge in [-0.3, -0.25) is 10.2 Å². The van der Waals surface area contributed by atoms with E-state index in [2.05, 4.69) is 16.9 Å². The molecule has 1 rings (SSSR count). The molecule has 114 valence electrons. The maximum absolute atomic E-state index is 11.9. The minimum Gasteiger partial charge on any atom is -0.287 e. The number of hydrogen-bond acceptors (Lipinski definition) is 4. The summed E-state index contributed by atoms with van der Waals surface area (Å²) in [4.78, 5) is 11.7. The van der Waals surface area contributed by atoms with E-state index in [4.69, 9.17) is 6.42 Å². The zero-order chi connectivity index (χ0) is 15.7. The molecule has 0 saturated carbocycles. The van der Waals surface area contributed by atoms with Crippen LogP contribution in [0.2, 0.25) is 0 Å². The number of hydrogen-bond donors (Lipinski definition) is 2. The van der Waals surface area contributed by atoms with Gasteiger partial charge in [-0.25, -0.2) is 18.1 Å². The molecule has 0 aliphatic rings. The predicted molar refractivity (Wildman–Crippen MR) is 81.5 cm³/mol. The Labute approximate surface area is 125 Å². The van der Waals surface area contributed by atoms with Crippen molar-refractivity contribution in [3.05, 3.63) is 35.9 Å². The highest BCUT2D eigenvalue weighted by Crippen LogP contribution is 2.00. The van der Waals surface area contributed by atoms with Crippen LogP contribution in [-0.4, -0.2) is 37.5 Å². The Balaban J connectivity index is 2.40. The van der Waals surface area contributed by atoms with Gasteiger partial charge >= 0.3 is 0 Å². The summed E-state index contributed by atoms with van der Waals surface area (Å²) < 4.78 is 24.8. The highest BCUT2D eigenvalue weighted by Gasteiger charge is 2.17. The summed E-state index contributed by atoms with van der Waals surface area (Å²) in [5.74, 6) is -0.512. The van der Waals surface area contributed by atoms with Crippen LogP contribution in [0.5, 0.6) is 0 Å². The van der Waals surface area contributed by atoms with Crippen LogP contribution >= 0.6 is 0 Å². The van der Waals surface area contributed by atoms with E-state index in [0.29, 0.717) is 12.0 Å². The van der Waals surface area contributed by atoms with Gasteiger partial charge in [-0.1, -0.05) is 31.5 Å².